The molecule has 46 valence electrons. The molecule has 2 aliphatic rings. The smallest absolute Gasteiger partial charge is 0.00361 e. The number of fused-ring (bicyclic) bond motifs is 1. The number of rotatable bonds is 0. The van der Waals surface area contributed by atoms with Gasteiger partial charge >= 0.3 is 0 Å². The number of thioether (sulfide) groups is 1. The third-order valence-corrected chi connectivity index (χ3v) is 3.81. The van der Waals surface area contributed by atoms with Crippen LogP contribution in [0.15, 0.2) is 0 Å². The molecule has 0 amide bonds. The normalized spacial score (nSPS) is 45.0. The molecule has 0 aromatic rings. The van der Waals surface area contributed by atoms with Crippen LogP contribution >= 0.6 is 11.8 Å². The molecule has 0 aromatic heterocycles. The summed E-state index contributed by atoms with van der Waals surface area (Å²) in [4.78, 5) is 0. The van der Waals surface area contributed by atoms with E-state index in [0.29, 0.717) is 0 Å². The second-order valence-electron chi connectivity index (χ2n) is 2.99. The molecule has 1 saturated heterocycles. The number of hydrogen-bond donors (Lipinski definition) is 0. The van der Waals surface area contributed by atoms with E-state index in [1.165, 1.54) is 30.8 Å². The van der Waals surface area contributed by atoms with Crippen LogP contribution in [0.3, 0.4) is 0 Å². The molecule has 0 radical (unpaired) electrons. The average molecular weight is 128 g/mol. The summed E-state index contributed by atoms with van der Waals surface area (Å²) >= 11 is 2.17. The molecule has 2 unspecified atom stereocenters. The summed E-state index contributed by atoms with van der Waals surface area (Å²) < 4.78 is 0. The first kappa shape index (κ1) is 5.16. The van der Waals surface area contributed by atoms with Gasteiger partial charge in [-0.1, -0.05) is 6.42 Å². The Kier molecular flexibility index (Phi) is 1.25. The molecule has 1 aliphatic heterocycles. The monoisotopic (exact) mass is 128 g/mol. The van der Waals surface area contributed by atoms with E-state index in [2.05, 4.69) is 11.8 Å². The van der Waals surface area contributed by atoms with Gasteiger partial charge in [-0.05, 0) is 36.2 Å². The highest BCUT2D eigenvalue weighted by molar-refractivity contribution is 7.99. The fourth-order valence-electron chi connectivity index (χ4n) is 1.92. The zero-order valence-electron chi connectivity index (χ0n) is 5.10. The van der Waals surface area contributed by atoms with E-state index in [4.69, 9.17) is 0 Å². The van der Waals surface area contributed by atoms with Crippen LogP contribution in [0.1, 0.15) is 19.3 Å². The molecule has 8 heavy (non-hydrogen) atoms. The molecule has 2 fully saturated rings. The Morgan fingerprint density at radius 2 is 1.62 bits per heavy atom. The first-order chi connectivity index (χ1) is 3.97. The maximum absolute atomic E-state index is 2.17. The lowest BCUT2D eigenvalue weighted by Gasteiger charge is -2.03. The van der Waals surface area contributed by atoms with Gasteiger partial charge in [0.05, 0.1) is 0 Å². The predicted molar refractivity (Wildman–Crippen MR) is 38.2 cm³/mol. The van der Waals surface area contributed by atoms with Crippen LogP contribution in [0.5, 0.6) is 0 Å². The summed E-state index contributed by atoms with van der Waals surface area (Å²) in [5, 5.41) is 0. The van der Waals surface area contributed by atoms with Crippen LogP contribution in [0, 0.1) is 11.8 Å². The maximum atomic E-state index is 2.17. The first-order valence-electron chi connectivity index (χ1n) is 3.54. The molecule has 1 heteroatoms. The van der Waals surface area contributed by atoms with Crippen molar-refractivity contribution < 1.29 is 0 Å². The highest BCUT2D eigenvalue weighted by Crippen LogP contribution is 2.41. The van der Waals surface area contributed by atoms with Crippen molar-refractivity contribution in [1.82, 2.24) is 0 Å². The first-order valence-corrected chi connectivity index (χ1v) is 4.70. The molecule has 0 N–H and O–H groups in total. The minimum absolute atomic E-state index is 1.14. The van der Waals surface area contributed by atoms with Crippen LogP contribution in [-0.2, 0) is 0 Å². The minimum Gasteiger partial charge on any atom is -0.161 e. The van der Waals surface area contributed by atoms with Crippen LogP contribution in [0.25, 0.3) is 0 Å². The second kappa shape index (κ2) is 1.94. The van der Waals surface area contributed by atoms with Gasteiger partial charge in [0, 0.05) is 0 Å². The Balaban J connectivity index is 2.04. The van der Waals surface area contributed by atoms with Gasteiger partial charge in [-0.2, -0.15) is 11.8 Å². The molecular formula is C7H12S. The van der Waals surface area contributed by atoms with Crippen molar-refractivity contribution >= 4 is 11.8 Å². The van der Waals surface area contributed by atoms with E-state index in [0.717, 1.165) is 11.8 Å². The summed E-state index contributed by atoms with van der Waals surface area (Å²) in [7, 11) is 0. The van der Waals surface area contributed by atoms with Crippen molar-refractivity contribution in [3.05, 3.63) is 0 Å². The van der Waals surface area contributed by atoms with Gasteiger partial charge in [0.1, 0.15) is 0 Å². The Morgan fingerprint density at radius 3 is 2.25 bits per heavy atom. The van der Waals surface area contributed by atoms with E-state index >= 15 is 0 Å². The summed E-state index contributed by atoms with van der Waals surface area (Å²) in [6.45, 7) is 0. The van der Waals surface area contributed by atoms with Gasteiger partial charge in [-0.25, -0.2) is 0 Å². The Hall–Kier alpha value is 0.350. The van der Waals surface area contributed by atoms with Crippen molar-refractivity contribution in [3.63, 3.8) is 0 Å². The molecule has 1 heterocycles. The fourth-order valence-corrected chi connectivity index (χ4v) is 3.54. The van der Waals surface area contributed by atoms with E-state index in [9.17, 15) is 0 Å². The third kappa shape index (κ3) is 0.680. The standard InChI is InChI=1S/C7H12S/c1-2-6-4-8-5-7(6)3-1/h6-7H,1-5H2. The molecule has 2 rings (SSSR count). The van der Waals surface area contributed by atoms with Crippen LogP contribution in [0.2, 0.25) is 0 Å². The summed E-state index contributed by atoms with van der Waals surface area (Å²) in [6.07, 6.45) is 4.60. The van der Waals surface area contributed by atoms with Gasteiger partial charge < -0.3 is 0 Å². The molecule has 0 nitrogen and oxygen atoms in total. The van der Waals surface area contributed by atoms with Crippen molar-refractivity contribution in [2.75, 3.05) is 11.5 Å². The lowest BCUT2D eigenvalue weighted by Crippen LogP contribution is -2.01. The second-order valence-corrected chi connectivity index (χ2v) is 4.06. The minimum atomic E-state index is 1.14. The molecular weight excluding hydrogens is 116 g/mol. The van der Waals surface area contributed by atoms with Crippen molar-refractivity contribution in [2.24, 2.45) is 11.8 Å². The van der Waals surface area contributed by atoms with E-state index < -0.39 is 0 Å². The summed E-state index contributed by atoms with van der Waals surface area (Å²) in [6, 6.07) is 0. The zero-order chi connectivity index (χ0) is 5.40. The van der Waals surface area contributed by atoms with Gasteiger partial charge in [0.25, 0.3) is 0 Å². The van der Waals surface area contributed by atoms with Crippen molar-refractivity contribution in [3.8, 4) is 0 Å². The SMILES string of the molecule is C1CC2CSCC2C1. The highest BCUT2D eigenvalue weighted by Gasteiger charge is 2.31. The largest absolute Gasteiger partial charge is 0.161 e. The van der Waals surface area contributed by atoms with Crippen LogP contribution in [-0.4, -0.2) is 11.5 Å². The Morgan fingerprint density at radius 1 is 1.00 bits per heavy atom. The fraction of sp³-hybridized carbons (Fsp3) is 1.00. The summed E-state index contributed by atoms with van der Waals surface area (Å²) in [5.74, 6) is 5.23. The predicted octanol–water partition coefficient (Wildman–Crippen LogP) is 2.15. The van der Waals surface area contributed by atoms with Gasteiger partial charge in [0.2, 0.25) is 0 Å². The quantitative estimate of drug-likeness (QED) is 0.481. The van der Waals surface area contributed by atoms with Crippen molar-refractivity contribution in [2.45, 2.75) is 19.3 Å². The van der Waals surface area contributed by atoms with Gasteiger partial charge in [-0.3, -0.25) is 0 Å². The lowest BCUT2D eigenvalue weighted by molar-refractivity contribution is 0.494. The Labute approximate surface area is 55.0 Å². The molecule has 0 bridgehead atoms. The van der Waals surface area contributed by atoms with E-state index in [-0.39, 0.29) is 0 Å². The van der Waals surface area contributed by atoms with E-state index in [1.54, 1.807) is 0 Å². The topological polar surface area (TPSA) is 0 Å². The molecule has 1 saturated carbocycles. The van der Waals surface area contributed by atoms with Crippen LogP contribution in [0.4, 0.5) is 0 Å². The Bertz CT molecular complexity index is 70.4. The third-order valence-electron chi connectivity index (χ3n) is 2.48. The number of hydrogen-bond acceptors (Lipinski definition) is 1. The van der Waals surface area contributed by atoms with Crippen molar-refractivity contribution in [1.29, 1.82) is 0 Å². The highest BCUT2D eigenvalue weighted by atomic mass is 32.2. The van der Waals surface area contributed by atoms with Crippen LogP contribution < -0.4 is 0 Å². The summed E-state index contributed by atoms with van der Waals surface area (Å²) in [5.41, 5.74) is 0. The molecule has 1 aliphatic carbocycles. The molecule has 0 spiro atoms. The molecule has 2 atom stereocenters. The van der Waals surface area contributed by atoms with Gasteiger partial charge in [-0.15, -0.1) is 0 Å². The average Bonchev–Trinajstić information content (AvgIpc) is 2.15. The molecule has 0 aromatic carbocycles. The van der Waals surface area contributed by atoms with E-state index in [1.807, 2.05) is 0 Å². The maximum Gasteiger partial charge on any atom is -0.00361 e. The van der Waals surface area contributed by atoms with Gasteiger partial charge in [0.15, 0.2) is 0 Å². The lowest BCUT2D eigenvalue weighted by atomic mass is 10.0. The zero-order valence-corrected chi connectivity index (χ0v) is 5.91.